The van der Waals surface area contributed by atoms with Gasteiger partial charge in [0.25, 0.3) is 5.69 Å². The van der Waals surface area contributed by atoms with E-state index in [1.54, 1.807) is 13.0 Å². The van der Waals surface area contributed by atoms with E-state index >= 15 is 0 Å². The molecular weight excluding hydrogens is 256 g/mol. The first-order valence-corrected chi connectivity index (χ1v) is 7.16. The Bertz CT molecular complexity index is 490. The van der Waals surface area contributed by atoms with Gasteiger partial charge in [-0.25, -0.2) is 0 Å². The summed E-state index contributed by atoms with van der Waals surface area (Å²) < 4.78 is 0. The monoisotopic (exact) mass is 278 g/mol. The predicted octanol–water partition coefficient (Wildman–Crippen LogP) is 2.71. The predicted molar refractivity (Wildman–Crippen MR) is 77.6 cm³/mol. The summed E-state index contributed by atoms with van der Waals surface area (Å²) in [6, 6.07) is 5.23. The lowest BCUT2D eigenvalue weighted by atomic mass is 9.99. The Hall–Kier alpha value is -1.46. The number of aliphatic hydroxyl groups excluding tert-OH is 1. The van der Waals surface area contributed by atoms with Crippen LogP contribution in [0.3, 0.4) is 0 Å². The van der Waals surface area contributed by atoms with Crippen molar-refractivity contribution in [1.82, 2.24) is 5.32 Å². The number of nitrogens with zero attached hydrogens (tertiary/aromatic N) is 1. The van der Waals surface area contributed by atoms with Crippen LogP contribution in [0, 0.1) is 23.0 Å². The van der Waals surface area contributed by atoms with E-state index in [9.17, 15) is 15.2 Å². The fourth-order valence-corrected chi connectivity index (χ4v) is 3.00. The summed E-state index contributed by atoms with van der Waals surface area (Å²) >= 11 is 0. The second-order valence-electron chi connectivity index (χ2n) is 5.64. The molecule has 0 aromatic heterocycles. The fourth-order valence-electron chi connectivity index (χ4n) is 3.00. The molecule has 20 heavy (non-hydrogen) atoms. The van der Waals surface area contributed by atoms with Crippen molar-refractivity contribution >= 4 is 5.69 Å². The molecule has 1 aromatic rings. The molecule has 0 spiro atoms. The molecule has 0 saturated heterocycles. The van der Waals surface area contributed by atoms with Crippen LogP contribution in [0.15, 0.2) is 18.2 Å². The minimum absolute atomic E-state index is 0.0442. The maximum atomic E-state index is 11.0. The molecule has 1 saturated carbocycles. The van der Waals surface area contributed by atoms with Crippen LogP contribution < -0.4 is 5.32 Å². The van der Waals surface area contributed by atoms with Crippen LogP contribution in [0.5, 0.6) is 0 Å². The van der Waals surface area contributed by atoms with E-state index in [1.165, 1.54) is 6.07 Å². The average molecular weight is 278 g/mol. The van der Waals surface area contributed by atoms with Gasteiger partial charge in [0.1, 0.15) is 0 Å². The summed E-state index contributed by atoms with van der Waals surface area (Å²) in [7, 11) is 0. The van der Waals surface area contributed by atoms with Crippen LogP contribution in [0.1, 0.15) is 43.4 Å². The Morgan fingerprint density at radius 3 is 2.85 bits per heavy atom. The van der Waals surface area contributed by atoms with Gasteiger partial charge in [0.15, 0.2) is 0 Å². The minimum Gasteiger partial charge on any atom is -0.393 e. The lowest BCUT2D eigenvalue weighted by Crippen LogP contribution is -2.30. The standard InChI is InChI=1S/C15H22N2O3/c1-10-13(6-4-7-14(10)17(19)20)11(2)16-9-12-5-3-8-15(12)18/h4,6-7,11-12,15-16,18H,3,5,8-9H2,1-2H3/t11-,12+,15+/m0/s1. The first kappa shape index (κ1) is 14.9. The van der Waals surface area contributed by atoms with Crippen LogP contribution in [0.2, 0.25) is 0 Å². The van der Waals surface area contributed by atoms with Crippen molar-refractivity contribution in [3.05, 3.63) is 39.4 Å². The van der Waals surface area contributed by atoms with Gasteiger partial charge < -0.3 is 10.4 Å². The van der Waals surface area contributed by atoms with E-state index in [2.05, 4.69) is 5.32 Å². The number of nitro groups is 1. The van der Waals surface area contributed by atoms with Gasteiger partial charge in [0.05, 0.1) is 11.0 Å². The molecule has 2 rings (SSSR count). The highest BCUT2D eigenvalue weighted by Gasteiger charge is 2.25. The van der Waals surface area contributed by atoms with Crippen molar-refractivity contribution in [1.29, 1.82) is 0 Å². The zero-order valence-corrected chi connectivity index (χ0v) is 12.0. The Balaban J connectivity index is 2.03. The molecule has 1 fully saturated rings. The van der Waals surface area contributed by atoms with Crippen molar-refractivity contribution < 1.29 is 10.0 Å². The van der Waals surface area contributed by atoms with Gasteiger partial charge in [-0.15, -0.1) is 0 Å². The SMILES string of the molecule is Cc1c([C@H](C)NC[C@H]2CCC[C@H]2O)cccc1[N+](=O)[O-]. The lowest BCUT2D eigenvalue weighted by Gasteiger charge is -2.21. The molecule has 1 aliphatic carbocycles. The number of benzene rings is 1. The molecular formula is C15H22N2O3. The van der Waals surface area contributed by atoms with E-state index < -0.39 is 0 Å². The molecule has 0 amide bonds. The number of rotatable bonds is 5. The molecule has 5 heteroatoms. The van der Waals surface area contributed by atoms with E-state index in [0.717, 1.165) is 31.4 Å². The molecule has 0 bridgehead atoms. The van der Waals surface area contributed by atoms with Gasteiger partial charge in [0.2, 0.25) is 0 Å². The van der Waals surface area contributed by atoms with E-state index in [0.29, 0.717) is 11.5 Å². The Morgan fingerprint density at radius 1 is 1.50 bits per heavy atom. The van der Waals surface area contributed by atoms with Gasteiger partial charge in [-0.2, -0.15) is 0 Å². The Kier molecular flexibility index (Phi) is 4.73. The first-order valence-electron chi connectivity index (χ1n) is 7.16. The average Bonchev–Trinajstić information content (AvgIpc) is 2.81. The van der Waals surface area contributed by atoms with E-state index in [1.807, 2.05) is 13.0 Å². The van der Waals surface area contributed by atoms with Gasteiger partial charge in [-0.1, -0.05) is 18.6 Å². The molecule has 5 nitrogen and oxygen atoms in total. The maximum absolute atomic E-state index is 11.0. The molecule has 1 aliphatic rings. The zero-order valence-electron chi connectivity index (χ0n) is 12.0. The number of nitro benzene ring substituents is 1. The number of nitrogens with one attached hydrogen (secondary N) is 1. The van der Waals surface area contributed by atoms with Crippen LogP contribution in [-0.4, -0.2) is 22.7 Å². The number of hydrogen-bond donors (Lipinski definition) is 2. The number of aliphatic hydroxyl groups is 1. The van der Waals surface area contributed by atoms with Gasteiger partial charge in [-0.3, -0.25) is 10.1 Å². The van der Waals surface area contributed by atoms with Crippen molar-refractivity contribution in [2.24, 2.45) is 5.92 Å². The smallest absolute Gasteiger partial charge is 0.272 e. The quantitative estimate of drug-likeness (QED) is 0.641. The third-order valence-corrected chi connectivity index (χ3v) is 4.32. The summed E-state index contributed by atoms with van der Waals surface area (Å²) in [6.07, 6.45) is 2.81. The first-order chi connectivity index (χ1) is 9.50. The van der Waals surface area contributed by atoms with Crippen LogP contribution in [0.4, 0.5) is 5.69 Å². The molecule has 1 aromatic carbocycles. The highest BCUT2D eigenvalue weighted by Crippen LogP contribution is 2.28. The molecule has 2 N–H and O–H groups in total. The summed E-state index contributed by atoms with van der Waals surface area (Å²) in [5, 5.41) is 24.2. The van der Waals surface area contributed by atoms with Gasteiger partial charge in [-0.05, 0) is 38.2 Å². The minimum atomic E-state index is -0.341. The summed E-state index contributed by atoms with van der Waals surface area (Å²) in [6.45, 7) is 4.55. The van der Waals surface area contributed by atoms with Gasteiger partial charge in [0, 0.05) is 24.2 Å². The van der Waals surface area contributed by atoms with Crippen LogP contribution in [-0.2, 0) is 0 Å². The third kappa shape index (κ3) is 3.16. The fraction of sp³-hybridized carbons (Fsp3) is 0.600. The van der Waals surface area contributed by atoms with E-state index in [4.69, 9.17) is 0 Å². The molecule has 0 aliphatic heterocycles. The topological polar surface area (TPSA) is 75.4 Å². The summed E-state index contributed by atoms with van der Waals surface area (Å²) in [5.74, 6) is 0.302. The Labute approximate surface area is 119 Å². The molecule has 3 atom stereocenters. The van der Waals surface area contributed by atoms with Crippen molar-refractivity contribution in [3.8, 4) is 0 Å². The second kappa shape index (κ2) is 6.33. The van der Waals surface area contributed by atoms with Crippen LogP contribution >= 0.6 is 0 Å². The van der Waals surface area contributed by atoms with Crippen molar-refractivity contribution in [2.45, 2.75) is 45.3 Å². The highest BCUT2D eigenvalue weighted by atomic mass is 16.6. The third-order valence-electron chi connectivity index (χ3n) is 4.32. The summed E-state index contributed by atoms with van der Waals surface area (Å²) in [5.41, 5.74) is 1.83. The molecule has 0 radical (unpaired) electrons. The number of hydrogen-bond acceptors (Lipinski definition) is 4. The molecule has 110 valence electrons. The lowest BCUT2D eigenvalue weighted by molar-refractivity contribution is -0.385. The molecule has 0 heterocycles. The zero-order chi connectivity index (χ0) is 14.7. The largest absolute Gasteiger partial charge is 0.393 e. The Morgan fingerprint density at radius 2 is 2.25 bits per heavy atom. The van der Waals surface area contributed by atoms with E-state index in [-0.39, 0.29) is 22.8 Å². The second-order valence-corrected chi connectivity index (χ2v) is 5.64. The normalized spacial score (nSPS) is 23.8. The summed E-state index contributed by atoms with van der Waals surface area (Å²) in [4.78, 5) is 10.6. The molecule has 0 unspecified atom stereocenters. The van der Waals surface area contributed by atoms with Crippen molar-refractivity contribution in [2.75, 3.05) is 6.54 Å². The highest BCUT2D eigenvalue weighted by molar-refractivity contribution is 5.45. The maximum Gasteiger partial charge on any atom is 0.272 e. The van der Waals surface area contributed by atoms with Crippen LogP contribution in [0.25, 0.3) is 0 Å². The van der Waals surface area contributed by atoms with Crippen molar-refractivity contribution in [3.63, 3.8) is 0 Å². The van der Waals surface area contributed by atoms with Gasteiger partial charge >= 0.3 is 0 Å².